The van der Waals surface area contributed by atoms with Crippen LogP contribution in [0.5, 0.6) is 0 Å². The van der Waals surface area contributed by atoms with E-state index in [1.807, 2.05) is 12.1 Å². The number of carbonyl (C=O) groups is 1. The minimum Gasteiger partial charge on any atom is -0.355 e. The molecule has 1 aliphatic carbocycles. The van der Waals surface area contributed by atoms with E-state index >= 15 is 0 Å². The molecular formula is C16H23FN2O. The molecule has 1 saturated carbocycles. The first-order valence-corrected chi connectivity index (χ1v) is 7.30. The van der Waals surface area contributed by atoms with Crippen molar-refractivity contribution in [3.63, 3.8) is 0 Å². The first kappa shape index (κ1) is 15.0. The third-order valence-corrected chi connectivity index (χ3v) is 3.74. The largest absolute Gasteiger partial charge is 0.355 e. The van der Waals surface area contributed by atoms with Gasteiger partial charge in [0.1, 0.15) is 5.82 Å². The molecule has 0 aliphatic heterocycles. The fourth-order valence-electron chi connectivity index (χ4n) is 2.46. The third kappa shape index (κ3) is 4.04. The van der Waals surface area contributed by atoms with Crippen LogP contribution in [0.15, 0.2) is 24.3 Å². The van der Waals surface area contributed by atoms with E-state index in [0.29, 0.717) is 25.0 Å². The lowest BCUT2D eigenvalue weighted by Gasteiger charge is -2.36. The predicted molar refractivity (Wildman–Crippen MR) is 78.0 cm³/mol. The van der Waals surface area contributed by atoms with Crippen molar-refractivity contribution in [1.82, 2.24) is 10.6 Å². The average molecular weight is 278 g/mol. The molecule has 20 heavy (non-hydrogen) atoms. The fraction of sp³-hybridized carbons (Fsp3) is 0.562. The molecule has 1 amide bonds. The minimum atomic E-state index is -0.120. The second kappa shape index (κ2) is 6.84. The highest BCUT2D eigenvalue weighted by Gasteiger charge is 2.31. The molecule has 0 radical (unpaired) electrons. The smallest absolute Gasteiger partial charge is 0.233 e. The van der Waals surface area contributed by atoms with Gasteiger partial charge in [-0.15, -0.1) is 0 Å². The number of hydrogen-bond acceptors (Lipinski definition) is 2. The summed E-state index contributed by atoms with van der Waals surface area (Å²) in [7, 11) is 0. The van der Waals surface area contributed by atoms with Gasteiger partial charge in [-0.05, 0) is 36.3 Å². The fourth-order valence-corrected chi connectivity index (χ4v) is 2.46. The number of rotatable bonds is 6. The highest BCUT2D eigenvalue weighted by Crippen LogP contribution is 2.37. The highest BCUT2D eigenvalue weighted by molar-refractivity contribution is 5.78. The molecule has 1 aliphatic rings. The summed E-state index contributed by atoms with van der Waals surface area (Å²) in [5, 5.41) is 6.10. The lowest BCUT2D eigenvalue weighted by atomic mass is 9.75. The molecule has 0 unspecified atom stereocenters. The monoisotopic (exact) mass is 278 g/mol. The van der Waals surface area contributed by atoms with Crippen molar-refractivity contribution in [2.24, 2.45) is 5.92 Å². The average Bonchev–Trinajstić information content (AvgIpc) is 2.36. The summed E-state index contributed by atoms with van der Waals surface area (Å²) >= 11 is 0. The Labute approximate surface area is 120 Å². The van der Waals surface area contributed by atoms with Gasteiger partial charge in [0.25, 0.3) is 0 Å². The van der Waals surface area contributed by atoms with Crippen LogP contribution in [0.1, 0.15) is 38.2 Å². The molecule has 0 spiro atoms. The van der Waals surface area contributed by atoms with Crippen LogP contribution in [0, 0.1) is 11.7 Å². The summed E-state index contributed by atoms with van der Waals surface area (Å²) < 4.78 is 13.6. The van der Waals surface area contributed by atoms with Gasteiger partial charge >= 0.3 is 0 Å². The number of nitrogens with one attached hydrogen (secondary N) is 2. The molecule has 1 aromatic carbocycles. The molecule has 0 bridgehead atoms. The zero-order chi connectivity index (χ0) is 14.5. The van der Waals surface area contributed by atoms with Crippen molar-refractivity contribution in [3.05, 3.63) is 35.6 Å². The Kier molecular flexibility index (Phi) is 5.12. The maximum Gasteiger partial charge on any atom is 0.233 e. The van der Waals surface area contributed by atoms with Gasteiger partial charge in [-0.3, -0.25) is 4.79 Å². The van der Waals surface area contributed by atoms with Crippen molar-refractivity contribution < 1.29 is 9.18 Å². The van der Waals surface area contributed by atoms with Crippen LogP contribution in [0.4, 0.5) is 4.39 Å². The van der Waals surface area contributed by atoms with Crippen molar-refractivity contribution in [3.8, 4) is 0 Å². The van der Waals surface area contributed by atoms with Crippen LogP contribution in [0.2, 0.25) is 0 Å². The normalized spacial score (nSPS) is 21.6. The first-order chi connectivity index (χ1) is 9.56. The van der Waals surface area contributed by atoms with E-state index in [-0.39, 0.29) is 17.6 Å². The number of carbonyl (C=O) groups excluding carboxylic acids is 1. The Balaban J connectivity index is 1.67. The van der Waals surface area contributed by atoms with Crippen LogP contribution in [-0.2, 0) is 4.79 Å². The number of halogens is 1. The second-order valence-electron chi connectivity index (χ2n) is 5.97. The summed E-state index contributed by atoms with van der Waals surface area (Å²) in [6.07, 6.45) is 1.80. The molecule has 1 fully saturated rings. The van der Waals surface area contributed by atoms with E-state index < -0.39 is 0 Å². The van der Waals surface area contributed by atoms with Crippen molar-refractivity contribution in [1.29, 1.82) is 0 Å². The Morgan fingerprint density at radius 3 is 2.70 bits per heavy atom. The molecule has 1 aromatic rings. The second-order valence-corrected chi connectivity index (χ2v) is 5.97. The highest BCUT2D eigenvalue weighted by atomic mass is 19.1. The Hall–Kier alpha value is -1.42. The minimum absolute atomic E-state index is 0.0352. The molecule has 0 heterocycles. The molecule has 3 nitrogen and oxygen atoms in total. The summed E-state index contributed by atoms with van der Waals surface area (Å²) in [4.78, 5) is 11.6. The van der Waals surface area contributed by atoms with Gasteiger partial charge in [0.15, 0.2) is 0 Å². The number of amides is 1. The molecule has 0 aromatic heterocycles. The van der Waals surface area contributed by atoms with Gasteiger partial charge in [-0.25, -0.2) is 4.39 Å². The zero-order valence-electron chi connectivity index (χ0n) is 12.2. The van der Waals surface area contributed by atoms with E-state index in [1.54, 1.807) is 6.07 Å². The van der Waals surface area contributed by atoms with Crippen LogP contribution in [0.25, 0.3) is 0 Å². The standard InChI is InChI=1S/C16H23FN2O/c1-11(2)9-19-16(20)10-18-13-7-12(8-13)14-5-3-4-6-15(14)17/h3-6,11-13,18H,7-10H2,1-2H3,(H,19,20). The van der Waals surface area contributed by atoms with Crippen LogP contribution >= 0.6 is 0 Å². The van der Waals surface area contributed by atoms with Gasteiger partial charge in [0.2, 0.25) is 5.91 Å². The van der Waals surface area contributed by atoms with Crippen molar-refractivity contribution >= 4 is 5.91 Å². The maximum atomic E-state index is 13.6. The lowest BCUT2D eigenvalue weighted by molar-refractivity contribution is -0.120. The van der Waals surface area contributed by atoms with Crippen LogP contribution < -0.4 is 10.6 Å². The van der Waals surface area contributed by atoms with E-state index in [0.717, 1.165) is 18.4 Å². The molecule has 0 saturated heterocycles. The summed E-state index contributed by atoms with van der Waals surface area (Å²) in [5.41, 5.74) is 0.801. The number of hydrogen-bond donors (Lipinski definition) is 2. The van der Waals surface area contributed by atoms with Crippen LogP contribution in [-0.4, -0.2) is 25.0 Å². The Morgan fingerprint density at radius 2 is 2.05 bits per heavy atom. The van der Waals surface area contributed by atoms with E-state index in [2.05, 4.69) is 24.5 Å². The molecule has 110 valence electrons. The first-order valence-electron chi connectivity index (χ1n) is 7.30. The van der Waals surface area contributed by atoms with Crippen molar-refractivity contribution in [2.75, 3.05) is 13.1 Å². The van der Waals surface area contributed by atoms with Crippen molar-refractivity contribution in [2.45, 2.75) is 38.6 Å². The van der Waals surface area contributed by atoms with Gasteiger partial charge in [0.05, 0.1) is 6.54 Å². The van der Waals surface area contributed by atoms with Crippen LogP contribution in [0.3, 0.4) is 0 Å². The van der Waals surface area contributed by atoms with E-state index in [4.69, 9.17) is 0 Å². The number of benzene rings is 1. The summed E-state index contributed by atoms with van der Waals surface area (Å²) in [6.45, 7) is 5.20. The van der Waals surface area contributed by atoms with Gasteiger partial charge in [-0.2, -0.15) is 0 Å². The lowest BCUT2D eigenvalue weighted by Crippen LogP contribution is -2.45. The predicted octanol–water partition coefficient (Wildman–Crippen LogP) is 2.43. The van der Waals surface area contributed by atoms with E-state index in [9.17, 15) is 9.18 Å². The zero-order valence-corrected chi connectivity index (χ0v) is 12.2. The van der Waals surface area contributed by atoms with E-state index in [1.165, 1.54) is 6.07 Å². The third-order valence-electron chi connectivity index (χ3n) is 3.74. The van der Waals surface area contributed by atoms with Gasteiger partial charge in [-0.1, -0.05) is 32.0 Å². The van der Waals surface area contributed by atoms with Gasteiger partial charge in [0, 0.05) is 12.6 Å². The van der Waals surface area contributed by atoms with Gasteiger partial charge < -0.3 is 10.6 Å². The SMILES string of the molecule is CC(C)CNC(=O)CNC1CC(c2ccccc2F)C1. The molecule has 0 atom stereocenters. The quantitative estimate of drug-likeness (QED) is 0.839. The summed E-state index contributed by atoms with van der Waals surface area (Å²) in [6, 6.07) is 7.27. The molecule has 2 rings (SSSR count). The molecular weight excluding hydrogens is 255 g/mol. The topological polar surface area (TPSA) is 41.1 Å². The maximum absolute atomic E-state index is 13.6. The molecule has 2 N–H and O–H groups in total. The molecule has 4 heteroatoms. The summed E-state index contributed by atoms with van der Waals surface area (Å²) in [5.74, 6) is 0.666. The Bertz CT molecular complexity index is 456. The Morgan fingerprint density at radius 1 is 1.35 bits per heavy atom.